The van der Waals surface area contributed by atoms with Gasteiger partial charge in [0, 0.05) is 0 Å². The zero-order valence-electron chi connectivity index (χ0n) is 13.3. The van der Waals surface area contributed by atoms with E-state index in [1.165, 1.54) is 64.5 Å². The molecule has 0 unspecified atom stereocenters. The molecule has 0 aliphatic heterocycles. The first-order chi connectivity index (χ1) is 9.22. The van der Waals surface area contributed by atoms with Gasteiger partial charge >= 0.3 is 0 Å². The minimum atomic E-state index is 0.845. The van der Waals surface area contributed by atoms with E-state index < -0.39 is 0 Å². The lowest BCUT2D eigenvalue weighted by Crippen LogP contribution is -2.30. The predicted octanol–water partition coefficient (Wildman–Crippen LogP) is 4.57. The highest BCUT2D eigenvalue weighted by atomic mass is 15.1. The van der Waals surface area contributed by atoms with Gasteiger partial charge in [0.1, 0.15) is 12.4 Å². The molecule has 2 nitrogen and oxygen atoms in total. The molecule has 0 saturated carbocycles. The van der Waals surface area contributed by atoms with Gasteiger partial charge in [-0.1, -0.05) is 46.5 Å². The first-order valence-electron chi connectivity index (χ1n) is 8.27. The molecule has 19 heavy (non-hydrogen) atoms. The average Bonchev–Trinajstić information content (AvgIpc) is 2.82. The zero-order valence-corrected chi connectivity index (χ0v) is 13.3. The molecule has 0 fully saturated rings. The van der Waals surface area contributed by atoms with E-state index in [4.69, 9.17) is 0 Å². The lowest BCUT2D eigenvalue weighted by Gasteiger charge is -2.02. The van der Waals surface area contributed by atoms with E-state index in [9.17, 15) is 0 Å². The summed E-state index contributed by atoms with van der Waals surface area (Å²) in [5.74, 6) is 0.845. The fraction of sp³-hybridized carbons (Fsp3) is 0.824. The number of unbranched alkanes of at least 4 members (excludes halogenated alkanes) is 5. The quantitative estimate of drug-likeness (QED) is 0.409. The minimum absolute atomic E-state index is 0.845. The van der Waals surface area contributed by atoms with Crippen molar-refractivity contribution in [2.45, 2.75) is 85.2 Å². The van der Waals surface area contributed by atoms with Crippen LogP contribution in [0.5, 0.6) is 0 Å². The van der Waals surface area contributed by atoms with Crippen LogP contribution in [0.2, 0.25) is 0 Å². The molecule has 0 radical (unpaired) electrons. The van der Waals surface area contributed by atoms with Gasteiger partial charge in [-0.05, 0) is 31.6 Å². The molecular weight excluding hydrogens is 232 g/mol. The third-order valence-electron chi connectivity index (χ3n) is 3.71. The summed E-state index contributed by atoms with van der Waals surface area (Å²) < 4.78 is 4.68. The summed E-state index contributed by atoms with van der Waals surface area (Å²) in [4.78, 5) is 0. The van der Waals surface area contributed by atoms with Gasteiger partial charge < -0.3 is 0 Å². The van der Waals surface area contributed by atoms with Crippen LogP contribution in [0, 0.1) is 5.92 Å². The van der Waals surface area contributed by atoms with Crippen molar-refractivity contribution in [2.75, 3.05) is 0 Å². The standard InChI is InChI=1S/C17H33N2/c1-4-5-6-7-9-12-18-14-15-19(16-18)13-10-8-11-17(2)3/h14-17H,4-13H2,1-3H3/q+1. The van der Waals surface area contributed by atoms with E-state index in [0.717, 1.165) is 5.92 Å². The van der Waals surface area contributed by atoms with E-state index in [1.54, 1.807) is 0 Å². The van der Waals surface area contributed by atoms with Gasteiger partial charge in [0.2, 0.25) is 6.33 Å². The molecule has 0 amide bonds. The summed E-state index contributed by atoms with van der Waals surface area (Å²) in [6.45, 7) is 9.25. The maximum absolute atomic E-state index is 2.34. The molecule has 0 saturated heterocycles. The zero-order chi connectivity index (χ0) is 13.9. The molecule has 1 aromatic rings. The van der Waals surface area contributed by atoms with Crippen LogP contribution in [0.15, 0.2) is 18.7 Å². The summed E-state index contributed by atoms with van der Waals surface area (Å²) in [7, 11) is 0. The van der Waals surface area contributed by atoms with Crippen molar-refractivity contribution in [1.29, 1.82) is 0 Å². The lowest BCUT2D eigenvalue weighted by atomic mass is 10.1. The second kappa shape index (κ2) is 10.1. The topological polar surface area (TPSA) is 8.81 Å². The number of hydrogen-bond acceptors (Lipinski definition) is 0. The number of rotatable bonds is 11. The second-order valence-electron chi connectivity index (χ2n) is 6.19. The van der Waals surface area contributed by atoms with Gasteiger partial charge in [-0.25, -0.2) is 9.13 Å². The highest BCUT2D eigenvalue weighted by Gasteiger charge is 2.03. The van der Waals surface area contributed by atoms with Crippen LogP contribution >= 0.6 is 0 Å². The lowest BCUT2D eigenvalue weighted by molar-refractivity contribution is -0.696. The maximum Gasteiger partial charge on any atom is 0.243 e. The molecule has 0 aliphatic rings. The molecule has 1 rings (SSSR count). The van der Waals surface area contributed by atoms with Gasteiger partial charge in [-0.15, -0.1) is 0 Å². The average molecular weight is 265 g/mol. The summed E-state index contributed by atoms with van der Waals surface area (Å²) in [6, 6.07) is 0. The Labute approximate surface area is 119 Å². The maximum atomic E-state index is 2.34. The molecule has 1 heterocycles. The number of nitrogens with zero attached hydrogens (tertiary/aromatic N) is 2. The fourth-order valence-electron chi connectivity index (χ4n) is 2.45. The number of hydrogen-bond donors (Lipinski definition) is 0. The van der Waals surface area contributed by atoms with Gasteiger partial charge in [-0.2, -0.15) is 0 Å². The first-order valence-corrected chi connectivity index (χ1v) is 8.27. The third-order valence-corrected chi connectivity index (χ3v) is 3.71. The van der Waals surface area contributed by atoms with Crippen LogP contribution in [0.3, 0.4) is 0 Å². The smallest absolute Gasteiger partial charge is 0.237 e. The van der Waals surface area contributed by atoms with Crippen molar-refractivity contribution in [3.05, 3.63) is 18.7 Å². The van der Waals surface area contributed by atoms with E-state index >= 15 is 0 Å². The van der Waals surface area contributed by atoms with Crippen LogP contribution in [0.4, 0.5) is 0 Å². The van der Waals surface area contributed by atoms with Crippen molar-refractivity contribution in [3.8, 4) is 0 Å². The van der Waals surface area contributed by atoms with Crippen molar-refractivity contribution >= 4 is 0 Å². The number of aryl methyl sites for hydroxylation is 2. The van der Waals surface area contributed by atoms with Crippen molar-refractivity contribution in [1.82, 2.24) is 4.57 Å². The second-order valence-corrected chi connectivity index (χ2v) is 6.19. The number of imidazole rings is 1. The first kappa shape index (κ1) is 16.3. The molecule has 110 valence electrons. The van der Waals surface area contributed by atoms with Gasteiger partial charge in [0.15, 0.2) is 0 Å². The Hall–Kier alpha value is -0.790. The molecule has 1 aromatic heterocycles. The Bertz CT molecular complexity index is 315. The van der Waals surface area contributed by atoms with E-state index in [0.29, 0.717) is 0 Å². The molecule has 0 aromatic carbocycles. The normalized spacial score (nSPS) is 11.4. The van der Waals surface area contributed by atoms with Crippen molar-refractivity contribution in [2.24, 2.45) is 5.92 Å². The Morgan fingerprint density at radius 2 is 1.79 bits per heavy atom. The van der Waals surface area contributed by atoms with Gasteiger partial charge in [0.05, 0.1) is 13.1 Å². The van der Waals surface area contributed by atoms with Crippen molar-refractivity contribution < 1.29 is 4.57 Å². The summed E-state index contributed by atoms with van der Waals surface area (Å²) >= 11 is 0. The largest absolute Gasteiger partial charge is 0.243 e. The molecule has 0 atom stereocenters. The van der Waals surface area contributed by atoms with Crippen LogP contribution in [-0.2, 0) is 13.1 Å². The Kier molecular flexibility index (Phi) is 8.61. The van der Waals surface area contributed by atoms with Crippen molar-refractivity contribution in [3.63, 3.8) is 0 Å². The Balaban J connectivity index is 2.10. The fourth-order valence-corrected chi connectivity index (χ4v) is 2.45. The molecule has 2 heteroatoms. The molecule has 0 spiro atoms. The SMILES string of the molecule is CCCCCCC[n+]1ccn(CCCCC(C)C)c1. The van der Waals surface area contributed by atoms with Crippen LogP contribution in [0.1, 0.15) is 72.1 Å². The predicted molar refractivity (Wildman–Crippen MR) is 82.1 cm³/mol. The highest BCUT2D eigenvalue weighted by Crippen LogP contribution is 2.07. The Morgan fingerprint density at radius 1 is 1.00 bits per heavy atom. The third kappa shape index (κ3) is 8.07. The van der Waals surface area contributed by atoms with Gasteiger partial charge in [-0.3, -0.25) is 0 Å². The highest BCUT2D eigenvalue weighted by molar-refractivity contribution is 4.66. The number of aromatic nitrogens is 2. The minimum Gasteiger partial charge on any atom is -0.237 e. The summed E-state index contributed by atoms with van der Waals surface area (Å²) in [6.07, 6.45) is 17.6. The summed E-state index contributed by atoms with van der Waals surface area (Å²) in [5.41, 5.74) is 0. The van der Waals surface area contributed by atoms with Crippen LogP contribution in [-0.4, -0.2) is 4.57 Å². The van der Waals surface area contributed by atoms with E-state index in [1.807, 2.05) is 0 Å². The molecule has 0 N–H and O–H groups in total. The molecule has 0 aliphatic carbocycles. The van der Waals surface area contributed by atoms with E-state index in [-0.39, 0.29) is 0 Å². The molecule has 0 bridgehead atoms. The molecular formula is C17H33N2+. The summed E-state index contributed by atoms with van der Waals surface area (Å²) in [5, 5.41) is 0. The Morgan fingerprint density at radius 3 is 2.53 bits per heavy atom. The monoisotopic (exact) mass is 265 g/mol. The van der Waals surface area contributed by atoms with Crippen LogP contribution in [0.25, 0.3) is 0 Å². The van der Waals surface area contributed by atoms with Gasteiger partial charge in [0.25, 0.3) is 0 Å². The van der Waals surface area contributed by atoms with E-state index in [2.05, 4.69) is 48.6 Å². The van der Waals surface area contributed by atoms with Crippen LogP contribution < -0.4 is 4.57 Å².